The van der Waals surface area contributed by atoms with Crippen molar-refractivity contribution in [3.8, 4) is 0 Å². The average Bonchev–Trinajstić information content (AvgIpc) is 2.74. The number of nitrogens with zero attached hydrogens (tertiary/aromatic N) is 1. The molecule has 0 aromatic heterocycles. The molecule has 1 atom stereocenters. The minimum Gasteiger partial charge on any atom is -0.449 e. The summed E-state index contributed by atoms with van der Waals surface area (Å²) in [6.07, 6.45) is -1.03. The zero-order valence-electron chi connectivity index (χ0n) is 16.2. The van der Waals surface area contributed by atoms with Crippen LogP contribution in [0.4, 0.5) is 5.69 Å². The third-order valence-corrected chi connectivity index (χ3v) is 6.85. The number of rotatable bonds is 6. The van der Waals surface area contributed by atoms with Crippen LogP contribution in [-0.2, 0) is 24.3 Å². The van der Waals surface area contributed by atoms with Crippen LogP contribution in [0.1, 0.15) is 17.3 Å². The third-order valence-electron chi connectivity index (χ3n) is 4.44. The lowest BCUT2D eigenvalue weighted by Gasteiger charge is -2.26. The Balaban J connectivity index is 1.60. The number of nitrogens with one attached hydrogen (secondary N) is 1. The average molecular weight is 497 g/mol. The largest absolute Gasteiger partial charge is 0.449 e. The molecular formula is C20H21BrN2O6S. The van der Waals surface area contributed by atoms with Crippen molar-refractivity contribution in [2.45, 2.75) is 17.9 Å². The van der Waals surface area contributed by atoms with E-state index in [1.54, 1.807) is 24.3 Å². The van der Waals surface area contributed by atoms with Crippen molar-refractivity contribution in [1.82, 2.24) is 4.31 Å². The molecule has 0 spiro atoms. The number of ether oxygens (including phenoxy) is 2. The van der Waals surface area contributed by atoms with E-state index in [4.69, 9.17) is 9.47 Å². The highest BCUT2D eigenvalue weighted by Gasteiger charge is 2.26. The summed E-state index contributed by atoms with van der Waals surface area (Å²) in [5, 5.41) is 2.61. The number of morpholine rings is 1. The van der Waals surface area contributed by atoms with Crippen molar-refractivity contribution in [1.29, 1.82) is 0 Å². The Hall–Kier alpha value is -2.27. The lowest BCUT2D eigenvalue weighted by atomic mass is 10.2. The minimum atomic E-state index is -3.61. The third kappa shape index (κ3) is 5.45. The topological polar surface area (TPSA) is 102 Å². The zero-order chi connectivity index (χ0) is 21.7. The fraction of sp³-hybridized carbons (Fsp3) is 0.300. The molecule has 2 aromatic carbocycles. The van der Waals surface area contributed by atoms with Crippen LogP contribution in [0.5, 0.6) is 0 Å². The molecule has 0 bridgehead atoms. The van der Waals surface area contributed by atoms with Crippen molar-refractivity contribution in [2.75, 3.05) is 31.6 Å². The fourth-order valence-electron chi connectivity index (χ4n) is 2.79. The summed E-state index contributed by atoms with van der Waals surface area (Å²) in [6, 6.07) is 12.5. The van der Waals surface area contributed by atoms with Gasteiger partial charge in [-0.05, 0) is 49.4 Å². The van der Waals surface area contributed by atoms with Gasteiger partial charge in [0, 0.05) is 23.2 Å². The van der Waals surface area contributed by atoms with E-state index < -0.39 is 28.0 Å². The van der Waals surface area contributed by atoms with E-state index in [0.717, 1.165) is 4.47 Å². The first-order valence-electron chi connectivity index (χ1n) is 9.23. The first-order chi connectivity index (χ1) is 14.3. The highest BCUT2D eigenvalue weighted by Crippen LogP contribution is 2.20. The lowest BCUT2D eigenvalue weighted by Crippen LogP contribution is -2.40. The van der Waals surface area contributed by atoms with Gasteiger partial charge in [0.15, 0.2) is 6.10 Å². The number of anilines is 1. The summed E-state index contributed by atoms with van der Waals surface area (Å²) in [5.41, 5.74) is 0.716. The molecule has 160 valence electrons. The predicted octanol–water partition coefficient (Wildman–Crippen LogP) is 2.65. The minimum absolute atomic E-state index is 0.136. The molecule has 1 fully saturated rings. The van der Waals surface area contributed by atoms with E-state index in [0.29, 0.717) is 37.6 Å². The number of halogens is 1. The van der Waals surface area contributed by atoms with Gasteiger partial charge < -0.3 is 14.8 Å². The van der Waals surface area contributed by atoms with Gasteiger partial charge in [0.05, 0.1) is 23.7 Å². The van der Waals surface area contributed by atoms with Crippen molar-refractivity contribution >= 4 is 43.5 Å². The zero-order valence-corrected chi connectivity index (χ0v) is 18.6. The summed E-state index contributed by atoms with van der Waals surface area (Å²) in [4.78, 5) is 24.6. The molecule has 3 rings (SSSR count). The first-order valence-corrected chi connectivity index (χ1v) is 11.5. The van der Waals surface area contributed by atoms with E-state index in [1.165, 1.54) is 35.5 Å². The monoisotopic (exact) mass is 496 g/mol. The van der Waals surface area contributed by atoms with Crippen LogP contribution in [0.2, 0.25) is 0 Å². The molecule has 1 aliphatic rings. The quantitative estimate of drug-likeness (QED) is 0.616. The SMILES string of the molecule is CC(OC(=O)c1cccc(Br)c1)C(=O)Nc1ccc(S(=O)(=O)N2CCOCC2)cc1. The van der Waals surface area contributed by atoms with Gasteiger partial charge in [-0.2, -0.15) is 4.31 Å². The van der Waals surface area contributed by atoms with Gasteiger partial charge in [-0.15, -0.1) is 0 Å². The van der Waals surface area contributed by atoms with Gasteiger partial charge in [0.1, 0.15) is 0 Å². The van der Waals surface area contributed by atoms with E-state index in [1.807, 2.05) is 0 Å². The van der Waals surface area contributed by atoms with Crippen LogP contribution >= 0.6 is 15.9 Å². The molecule has 1 saturated heterocycles. The molecule has 8 nitrogen and oxygen atoms in total. The molecule has 30 heavy (non-hydrogen) atoms. The number of carbonyl (C=O) groups is 2. The van der Waals surface area contributed by atoms with Gasteiger partial charge in [0.25, 0.3) is 5.91 Å². The van der Waals surface area contributed by atoms with E-state index in [-0.39, 0.29) is 4.90 Å². The molecular weight excluding hydrogens is 476 g/mol. The Morgan fingerprint density at radius 3 is 2.43 bits per heavy atom. The number of benzene rings is 2. The Morgan fingerprint density at radius 2 is 1.80 bits per heavy atom. The second kappa shape index (κ2) is 9.69. The maximum absolute atomic E-state index is 12.6. The molecule has 10 heteroatoms. The summed E-state index contributed by atoms with van der Waals surface area (Å²) >= 11 is 3.28. The number of hydrogen-bond donors (Lipinski definition) is 1. The number of amides is 1. The Kier molecular flexibility index (Phi) is 7.24. The summed E-state index contributed by atoms with van der Waals surface area (Å²) in [5.74, 6) is -1.15. The lowest BCUT2D eigenvalue weighted by molar-refractivity contribution is -0.123. The molecule has 0 saturated carbocycles. The predicted molar refractivity (Wildman–Crippen MR) is 114 cm³/mol. The van der Waals surface area contributed by atoms with E-state index in [2.05, 4.69) is 21.2 Å². The molecule has 1 amide bonds. The molecule has 2 aromatic rings. The van der Waals surface area contributed by atoms with Crippen LogP contribution < -0.4 is 5.32 Å². The standard InChI is InChI=1S/C20H21BrN2O6S/c1-14(29-20(25)15-3-2-4-16(21)13-15)19(24)22-17-5-7-18(8-6-17)30(26,27)23-9-11-28-12-10-23/h2-8,13-14H,9-12H2,1H3,(H,22,24). The number of hydrogen-bond acceptors (Lipinski definition) is 6. The summed E-state index contributed by atoms with van der Waals surface area (Å²) in [6.45, 7) is 2.81. The highest BCUT2D eigenvalue weighted by atomic mass is 79.9. The van der Waals surface area contributed by atoms with Crippen molar-refractivity contribution in [2.24, 2.45) is 0 Å². The van der Waals surface area contributed by atoms with Gasteiger partial charge in [-0.1, -0.05) is 22.0 Å². The van der Waals surface area contributed by atoms with Gasteiger partial charge in [0.2, 0.25) is 10.0 Å². The van der Waals surface area contributed by atoms with Crippen molar-refractivity contribution in [3.63, 3.8) is 0 Å². The van der Waals surface area contributed by atoms with Crippen LogP contribution in [0.15, 0.2) is 57.9 Å². The second-order valence-electron chi connectivity index (χ2n) is 6.59. The summed E-state index contributed by atoms with van der Waals surface area (Å²) in [7, 11) is -3.61. The fourth-order valence-corrected chi connectivity index (χ4v) is 4.59. The van der Waals surface area contributed by atoms with Crippen LogP contribution in [0.25, 0.3) is 0 Å². The van der Waals surface area contributed by atoms with Crippen LogP contribution in [0, 0.1) is 0 Å². The molecule has 0 radical (unpaired) electrons. The smallest absolute Gasteiger partial charge is 0.338 e. The number of carbonyl (C=O) groups excluding carboxylic acids is 2. The van der Waals surface area contributed by atoms with Crippen LogP contribution in [0.3, 0.4) is 0 Å². The first kappa shape index (κ1) is 22.4. The molecule has 1 heterocycles. The highest BCUT2D eigenvalue weighted by molar-refractivity contribution is 9.10. The number of sulfonamides is 1. The second-order valence-corrected chi connectivity index (χ2v) is 9.44. The maximum atomic E-state index is 12.6. The van der Waals surface area contributed by atoms with E-state index in [9.17, 15) is 18.0 Å². The molecule has 1 unspecified atom stereocenters. The molecule has 1 aliphatic heterocycles. The Morgan fingerprint density at radius 1 is 1.13 bits per heavy atom. The van der Waals surface area contributed by atoms with Gasteiger partial charge >= 0.3 is 5.97 Å². The number of esters is 1. The van der Waals surface area contributed by atoms with Crippen molar-refractivity contribution in [3.05, 3.63) is 58.6 Å². The normalized spacial score (nSPS) is 15.9. The van der Waals surface area contributed by atoms with E-state index >= 15 is 0 Å². The summed E-state index contributed by atoms with van der Waals surface area (Å²) < 4.78 is 37.7. The molecule has 1 N–H and O–H groups in total. The van der Waals surface area contributed by atoms with Gasteiger partial charge in [-0.25, -0.2) is 13.2 Å². The Labute approximate surface area is 183 Å². The van der Waals surface area contributed by atoms with Crippen molar-refractivity contribution < 1.29 is 27.5 Å². The van der Waals surface area contributed by atoms with Gasteiger partial charge in [-0.3, -0.25) is 4.79 Å². The molecule has 0 aliphatic carbocycles. The Bertz CT molecular complexity index is 1020. The van der Waals surface area contributed by atoms with Crippen LogP contribution in [-0.4, -0.2) is 57.0 Å². The maximum Gasteiger partial charge on any atom is 0.338 e.